The minimum absolute atomic E-state index is 0.000376. The summed E-state index contributed by atoms with van der Waals surface area (Å²) in [5.41, 5.74) is 5.35. The Morgan fingerprint density at radius 2 is 2.15 bits per heavy atom. The SMILES string of the molecule is CCCCOC(=O)C(C)CCCN. The van der Waals surface area contributed by atoms with Crippen LogP contribution in [0.2, 0.25) is 0 Å². The summed E-state index contributed by atoms with van der Waals surface area (Å²) in [6, 6.07) is 0. The standard InChI is InChI=1S/C10H21NO2/c1-3-4-8-13-10(12)9(2)6-5-7-11/h9H,3-8,11H2,1-2H3. The highest BCUT2D eigenvalue weighted by atomic mass is 16.5. The largest absolute Gasteiger partial charge is 0.465 e. The van der Waals surface area contributed by atoms with Crippen molar-refractivity contribution in [1.82, 2.24) is 0 Å². The Morgan fingerprint density at radius 1 is 1.46 bits per heavy atom. The monoisotopic (exact) mass is 187 g/mol. The van der Waals surface area contributed by atoms with Crippen LogP contribution in [0.15, 0.2) is 0 Å². The van der Waals surface area contributed by atoms with Crippen LogP contribution in [0.5, 0.6) is 0 Å². The van der Waals surface area contributed by atoms with E-state index < -0.39 is 0 Å². The van der Waals surface area contributed by atoms with Gasteiger partial charge in [-0.3, -0.25) is 4.79 Å². The molecule has 0 aliphatic carbocycles. The van der Waals surface area contributed by atoms with Crippen molar-refractivity contribution in [2.45, 2.75) is 39.5 Å². The average molecular weight is 187 g/mol. The molecule has 0 bridgehead atoms. The lowest BCUT2D eigenvalue weighted by Gasteiger charge is -2.10. The molecule has 0 spiro atoms. The molecule has 0 aromatic rings. The van der Waals surface area contributed by atoms with Crippen molar-refractivity contribution in [2.24, 2.45) is 11.7 Å². The average Bonchev–Trinajstić information content (AvgIpc) is 2.14. The van der Waals surface area contributed by atoms with E-state index in [0.717, 1.165) is 25.7 Å². The van der Waals surface area contributed by atoms with Gasteiger partial charge in [0, 0.05) is 0 Å². The number of ether oxygens (including phenoxy) is 1. The van der Waals surface area contributed by atoms with Crippen LogP contribution in [0, 0.1) is 5.92 Å². The fourth-order valence-electron chi connectivity index (χ4n) is 1.00. The lowest BCUT2D eigenvalue weighted by Crippen LogP contribution is -2.16. The molecule has 0 amide bonds. The molecule has 78 valence electrons. The van der Waals surface area contributed by atoms with E-state index in [4.69, 9.17) is 10.5 Å². The molecule has 0 saturated heterocycles. The van der Waals surface area contributed by atoms with E-state index in [1.165, 1.54) is 0 Å². The molecule has 1 atom stereocenters. The van der Waals surface area contributed by atoms with Crippen LogP contribution in [0.4, 0.5) is 0 Å². The molecule has 0 heterocycles. The molecule has 3 nitrogen and oxygen atoms in total. The van der Waals surface area contributed by atoms with Gasteiger partial charge >= 0.3 is 5.97 Å². The van der Waals surface area contributed by atoms with E-state index in [9.17, 15) is 4.79 Å². The highest BCUT2D eigenvalue weighted by Crippen LogP contribution is 2.07. The summed E-state index contributed by atoms with van der Waals surface area (Å²) < 4.78 is 5.06. The predicted octanol–water partition coefficient (Wildman–Crippen LogP) is 1.70. The molecule has 13 heavy (non-hydrogen) atoms. The van der Waals surface area contributed by atoms with Crippen LogP contribution in [-0.2, 0) is 9.53 Å². The summed E-state index contributed by atoms with van der Waals surface area (Å²) in [5.74, 6) is -0.0812. The van der Waals surface area contributed by atoms with Gasteiger partial charge in [0.15, 0.2) is 0 Å². The Balaban J connectivity index is 3.45. The molecular weight excluding hydrogens is 166 g/mol. The van der Waals surface area contributed by atoms with Crippen molar-refractivity contribution in [3.63, 3.8) is 0 Å². The number of unbranched alkanes of at least 4 members (excludes halogenated alkanes) is 1. The van der Waals surface area contributed by atoms with Crippen molar-refractivity contribution in [3.8, 4) is 0 Å². The third kappa shape index (κ3) is 6.58. The zero-order valence-corrected chi connectivity index (χ0v) is 8.71. The first-order valence-corrected chi connectivity index (χ1v) is 5.09. The molecule has 3 heteroatoms. The van der Waals surface area contributed by atoms with Gasteiger partial charge in [-0.2, -0.15) is 0 Å². The maximum Gasteiger partial charge on any atom is 0.308 e. The second-order valence-corrected chi connectivity index (χ2v) is 3.35. The first kappa shape index (κ1) is 12.4. The van der Waals surface area contributed by atoms with Crippen molar-refractivity contribution in [3.05, 3.63) is 0 Å². The fraction of sp³-hybridized carbons (Fsp3) is 0.900. The first-order valence-electron chi connectivity index (χ1n) is 5.09. The van der Waals surface area contributed by atoms with Gasteiger partial charge < -0.3 is 10.5 Å². The molecule has 0 rings (SSSR count). The van der Waals surface area contributed by atoms with Crippen LogP contribution < -0.4 is 5.73 Å². The van der Waals surface area contributed by atoms with Crippen molar-refractivity contribution < 1.29 is 9.53 Å². The maximum atomic E-state index is 11.3. The number of hydrogen-bond donors (Lipinski definition) is 1. The van der Waals surface area contributed by atoms with Gasteiger partial charge in [-0.05, 0) is 25.8 Å². The highest BCUT2D eigenvalue weighted by Gasteiger charge is 2.12. The van der Waals surface area contributed by atoms with E-state index in [1.54, 1.807) is 0 Å². The van der Waals surface area contributed by atoms with E-state index in [-0.39, 0.29) is 11.9 Å². The summed E-state index contributed by atoms with van der Waals surface area (Å²) in [5, 5.41) is 0. The van der Waals surface area contributed by atoms with Gasteiger partial charge in [0.25, 0.3) is 0 Å². The van der Waals surface area contributed by atoms with Gasteiger partial charge in [0.1, 0.15) is 0 Å². The summed E-state index contributed by atoms with van der Waals surface area (Å²) in [7, 11) is 0. The predicted molar refractivity (Wildman–Crippen MR) is 53.3 cm³/mol. The van der Waals surface area contributed by atoms with Gasteiger partial charge in [0.05, 0.1) is 12.5 Å². The molecule has 0 aromatic heterocycles. The number of carbonyl (C=O) groups is 1. The third-order valence-electron chi connectivity index (χ3n) is 1.99. The molecule has 0 radical (unpaired) electrons. The van der Waals surface area contributed by atoms with E-state index in [0.29, 0.717) is 13.2 Å². The molecule has 2 N–H and O–H groups in total. The molecule has 0 fully saturated rings. The van der Waals surface area contributed by atoms with E-state index >= 15 is 0 Å². The summed E-state index contributed by atoms with van der Waals surface area (Å²) in [6.07, 6.45) is 3.74. The summed E-state index contributed by atoms with van der Waals surface area (Å²) in [4.78, 5) is 11.3. The lowest BCUT2D eigenvalue weighted by atomic mass is 10.1. The first-order chi connectivity index (χ1) is 6.22. The molecule has 0 aromatic carbocycles. The van der Waals surface area contributed by atoms with Gasteiger partial charge in [0.2, 0.25) is 0 Å². The van der Waals surface area contributed by atoms with Crippen molar-refractivity contribution in [1.29, 1.82) is 0 Å². The van der Waals surface area contributed by atoms with Crippen LogP contribution in [0.1, 0.15) is 39.5 Å². The minimum Gasteiger partial charge on any atom is -0.465 e. The Hall–Kier alpha value is -0.570. The molecular formula is C10H21NO2. The Labute approximate surface area is 80.6 Å². The van der Waals surface area contributed by atoms with Gasteiger partial charge in [-0.1, -0.05) is 20.3 Å². The Kier molecular flexibility index (Phi) is 7.69. The summed E-state index contributed by atoms with van der Waals surface area (Å²) in [6.45, 7) is 5.17. The summed E-state index contributed by atoms with van der Waals surface area (Å²) >= 11 is 0. The maximum absolute atomic E-state index is 11.3. The number of hydrogen-bond acceptors (Lipinski definition) is 3. The molecule has 0 aliphatic rings. The van der Waals surface area contributed by atoms with Crippen LogP contribution in [0.3, 0.4) is 0 Å². The van der Waals surface area contributed by atoms with Gasteiger partial charge in [-0.25, -0.2) is 0 Å². The third-order valence-corrected chi connectivity index (χ3v) is 1.99. The highest BCUT2D eigenvalue weighted by molar-refractivity contribution is 5.71. The quantitative estimate of drug-likeness (QED) is 0.487. The van der Waals surface area contributed by atoms with E-state index in [2.05, 4.69) is 6.92 Å². The van der Waals surface area contributed by atoms with Crippen molar-refractivity contribution >= 4 is 5.97 Å². The smallest absolute Gasteiger partial charge is 0.308 e. The van der Waals surface area contributed by atoms with Crippen LogP contribution in [-0.4, -0.2) is 19.1 Å². The second kappa shape index (κ2) is 8.05. The molecule has 1 unspecified atom stereocenters. The zero-order chi connectivity index (χ0) is 10.1. The molecule has 0 aliphatic heterocycles. The van der Waals surface area contributed by atoms with Crippen LogP contribution >= 0.6 is 0 Å². The number of carbonyl (C=O) groups excluding carboxylic acids is 1. The van der Waals surface area contributed by atoms with E-state index in [1.807, 2.05) is 6.92 Å². The minimum atomic E-state index is -0.0816. The number of nitrogens with two attached hydrogens (primary N) is 1. The number of esters is 1. The number of rotatable bonds is 7. The zero-order valence-electron chi connectivity index (χ0n) is 8.71. The van der Waals surface area contributed by atoms with Crippen LogP contribution in [0.25, 0.3) is 0 Å². The van der Waals surface area contributed by atoms with Gasteiger partial charge in [-0.15, -0.1) is 0 Å². The fourth-order valence-corrected chi connectivity index (χ4v) is 1.00. The Morgan fingerprint density at radius 3 is 2.69 bits per heavy atom. The topological polar surface area (TPSA) is 52.3 Å². The van der Waals surface area contributed by atoms with Crippen molar-refractivity contribution in [2.75, 3.05) is 13.2 Å². The normalized spacial score (nSPS) is 12.5. The lowest BCUT2D eigenvalue weighted by molar-refractivity contribution is -0.148. The second-order valence-electron chi connectivity index (χ2n) is 3.35. The Bertz CT molecular complexity index is 137. The molecule has 0 saturated carbocycles.